The van der Waals surface area contributed by atoms with Crippen LogP contribution in [-0.2, 0) is 14.3 Å². The Hall–Kier alpha value is -0.130. The second-order valence-corrected chi connectivity index (χ2v) is 9.89. The smallest absolute Gasteiger partial charge is 0.237 e. The van der Waals surface area contributed by atoms with Crippen LogP contribution in [0, 0.1) is 5.92 Å². The van der Waals surface area contributed by atoms with E-state index < -0.39 is 41.3 Å². The van der Waals surface area contributed by atoms with Crippen molar-refractivity contribution in [3.63, 3.8) is 0 Å². The number of aliphatic hydroxyl groups is 3. The second kappa shape index (κ2) is 12.8. The highest BCUT2D eigenvalue weighted by molar-refractivity contribution is 7.99. The number of carbonyl (C=O) groups excluding carboxylic acids is 1. The third-order valence-corrected chi connectivity index (χ3v) is 7.21. The van der Waals surface area contributed by atoms with Crippen molar-refractivity contribution in [3.8, 4) is 0 Å². The molecule has 0 spiro atoms. The average molecular weight is 469 g/mol. The first kappa shape index (κ1) is 26.1. The lowest BCUT2D eigenvalue weighted by Gasteiger charge is -2.44. The summed E-state index contributed by atoms with van der Waals surface area (Å²) < 4.78 is 10.9. The molecule has 9 atom stereocenters. The van der Waals surface area contributed by atoms with E-state index in [0.29, 0.717) is 5.92 Å². The molecule has 0 aromatic rings. The van der Waals surface area contributed by atoms with Crippen molar-refractivity contribution < 1.29 is 29.6 Å². The van der Waals surface area contributed by atoms with Crippen LogP contribution in [0.2, 0.25) is 0 Å². The fourth-order valence-electron chi connectivity index (χ4n) is 4.23. The van der Waals surface area contributed by atoms with Gasteiger partial charge < -0.3 is 35.4 Å². The highest BCUT2D eigenvalue weighted by Gasteiger charge is 2.48. The summed E-state index contributed by atoms with van der Waals surface area (Å²) in [6.07, 6.45) is 1.67. The van der Waals surface area contributed by atoms with Gasteiger partial charge in [-0.05, 0) is 57.7 Å². The van der Waals surface area contributed by atoms with Gasteiger partial charge in [-0.25, -0.2) is 0 Å². The first-order chi connectivity index (χ1) is 14.3. The number of alkyl halides is 1. The van der Waals surface area contributed by atoms with E-state index in [1.165, 1.54) is 11.8 Å². The van der Waals surface area contributed by atoms with Crippen molar-refractivity contribution in [2.45, 2.75) is 86.3 Å². The van der Waals surface area contributed by atoms with E-state index in [1.54, 1.807) is 20.3 Å². The van der Waals surface area contributed by atoms with Gasteiger partial charge in [0, 0.05) is 13.7 Å². The third kappa shape index (κ3) is 6.93. The van der Waals surface area contributed by atoms with Gasteiger partial charge in [0.2, 0.25) is 5.91 Å². The topological polar surface area (TPSA) is 120 Å². The van der Waals surface area contributed by atoms with Crippen LogP contribution in [0.25, 0.3) is 0 Å². The summed E-state index contributed by atoms with van der Waals surface area (Å²) in [5.74, 6) is 0.373. The molecule has 8 nitrogen and oxygen atoms in total. The van der Waals surface area contributed by atoms with Crippen LogP contribution in [0.3, 0.4) is 0 Å². The van der Waals surface area contributed by atoms with Gasteiger partial charge in [-0.3, -0.25) is 4.79 Å². The molecule has 2 aliphatic heterocycles. The Morgan fingerprint density at radius 2 is 2.00 bits per heavy atom. The lowest BCUT2D eigenvalue weighted by atomic mass is 9.92. The van der Waals surface area contributed by atoms with Crippen LogP contribution in [0.4, 0.5) is 0 Å². The van der Waals surface area contributed by atoms with Gasteiger partial charge in [-0.15, -0.1) is 23.4 Å². The number of nitrogens with one attached hydrogen (secondary N) is 2. The molecule has 0 bridgehead atoms. The van der Waals surface area contributed by atoms with Gasteiger partial charge in [-0.1, -0.05) is 0 Å². The molecular formula is C20H37ClN2O6S. The summed E-state index contributed by atoms with van der Waals surface area (Å²) in [5, 5.41) is 36.4. The number of methoxy groups -OCH3 is 1. The minimum Gasteiger partial charge on any atom is -0.388 e. The maximum atomic E-state index is 13.0. The summed E-state index contributed by atoms with van der Waals surface area (Å²) in [4.78, 5) is 13.0. The molecular weight excluding hydrogens is 432 g/mol. The number of rotatable bonds is 9. The highest BCUT2D eigenvalue weighted by atomic mass is 35.5. The predicted molar refractivity (Wildman–Crippen MR) is 118 cm³/mol. The van der Waals surface area contributed by atoms with Gasteiger partial charge in [0.25, 0.3) is 0 Å². The number of thioether (sulfide) groups is 1. The van der Waals surface area contributed by atoms with Crippen molar-refractivity contribution in [2.24, 2.45) is 5.92 Å². The number of halogens is 1. The zero-order chi connectivity index (χ0) is 22.3. The number of amides is 1. The monoisotopic (exact) mass is 468 g/mol. The zero-order valence-electron chi connectivity index (χ0n) is 18.0. The molecule has 2 heterocycles. The summed E-state index contributed by atoms with van der Waals surface area (Å²) in [7, 11) is 1.71. The predicted octanol–water partition coefficient (Wildman–Crippen LogP) is 0.454. The van der Waals surface area contributed by atoms with Crippen molar-refractivity contribution in [1.82, 2.24) is 10.6 Å². The van der Waals surface area contributed by atoms with Crippen LogP contribution in [0.5, 0.6) is 0 Å². The van der Waals surface area contributed by atoms with Crippen molar-refractivity contribution in [2.75, 3.05) is 26.5 Å². The minimum absolute atomic E-state index is 0.192. The standard InChI is InChI=1S/C20H37ClN2O6S/c1-11(21)14(18-16(25)15(24)17(26)20(29-18)30-3)23-19(27)13-7-6-12(8-9-22-13)5-4-10-28-2/h11-18,20,22,24-26H,4-10H2,1-3H3,(H,23,27)/t11-,12-,13?,14+,15-,16+,17+,18+,20+/m0/s1. The molecule has 5 N–H and O–H groups in total. The van der Waals surface area contributed by atoms with Crippen LogP contribution in [-0.4, -0.2) is 95.1 Å². The van der Waals surface area contributed by atoms with E-state index in [4.69, 9.17) is 21.1 Å². The molecule has 2 fully saturated rings. The maximum absolute atomic E-state index is 13.0. The SMILES string of the molecule is COCCC[C@@H]1CCNC(C(=O)N[C@@H]([C@H]2O[C@H](SC)[C@H](O)[C@@H](O)[C@H]2O)[C@H](C)Cl)CC1. The number of carbonyl (C=O) groups is 1. The Kier molecular flexibility index (Phi) is 11.1. The molecule has 2 aliphatic rings. The maximum Gasteiger partial charge on any atom is 0.237 e. The van der Waals surface area contributed by atoms with E-state index >= 15 is 0 Å². The minimum atomic E-state index is -1.38. The number of ether oxygens (including phenoxy) is 2. The van der Waals surface area contributed by atoms with Gasteiger partial charge in [0.1, 0.15) is 29.9 Å². The third-order valence-electron chi connectivity index (χ3n) is 6.08. The van der Waals surface area contributed by atoms with Crippen LogP contribution < -0.4 is 10.6 Å². The Balaban J connectivity index is 1.98. The van der Waals surface area contributed by atoms with Gasteiger partial charge in [0.05, 0.1) is 17.5 Å². The molecule has 0 aliphatic carbocycles. The zero-order valence-corrected chi connectivity index (χ0v) is 19.6. The number of hydrogen-bond donors (Lipinski definition) is 5. The summed E-state index contributed by atoms with van der Waals surface area (Å²) in [6.45, 7) is 3.23. The van der Waals surface area contributed by atoms with Gasteiger partial charge in [0.15, 0.2) is 0 Å². The fourth-order valence-corrected chi connectivity index (χ4v) is 5.11. The molecule has 0 saturated carbocycles. The summed E-state index contributed by atoms with van der Waals surface area (Å²) in [5.41, 5.74) is -0.716. The molecule has 30 heavy (non-hydrogen) atoms. The normalized spacial score (nSPS) is 37.2. The molecule has 176 valence electrons. The first-order valence-corrected chi connectivity index (χ1v) is 12.4. The Bertz CT molecular complexity index is 530. The molecule has 0 aromatic carbocycles. The van der Waals surface area contributed by atoms with E-state index in [1.807, 2.05) is 0 Å². The summed E-state index contributed by atoms with van der Waals surface area (Å²) in [6, 6.07) is -1.06. The van der Waals surface area contributed by atoms with Crippen LogP contribution in [0.1, 0.15) is 39.0 Å². The quantitative estimate of drug-likeness (QED) is 0.244. The largest absolute Gasteiger partial charge is 0.388 e. The van der Waals surface area contributed by atoms with E-state index in [9.17, 15) is 20.1 Å². The number of aliphatic hydroxyl groups excluding tert-OH is 3. The molecule has 0 radical (unpaired) electrons. The molecule has 2 saturated heterocycles. The highest BCUT2D eigenvalue weighted by Crippen LogP contribution is 2.30. The van der Waals surface area contributed by atoms with Crippen molar-refractivity contribution >= 4 is 29.3 Å². The van der Waals surface area contributed by atoms with Crippen molar-refractivity contribution in [1.29, 1.82) is 0 Å². The lowest BCUT2D eigenvalue weighted by Crippen LogP contribution is -2.65. The number of hydrogen-bond acceptors (Lipinski definition) is 8. The average Bonchev–Trinajstić information content (AvgIpc) is 2.97. The van der Waals surface area contributed by atoms with E-state index in [-0.39, 0.29) is 11.9 Å². The first-order valence-electron chi connectivity index (χ1n) is 10.7. The van der Waals surface area contributed by atoms with Gasteiger partial charge in [-0.2, -0.15) is 0 Å². The van der Waals surface area contributed by atoms with Gasteiger partial charge >= 0.3 is 0 Å². The molecule has 1 amide bonds. The molecule has 1 unspecified atom stereocenters. The van der Waals surface area contributed by atoms with E-state index in [0.717, 1.165) is 45.3 Å². The molecule has 0 aromatic heterocycles. The Labute approximate surface area is 188 Å². The Morgan fingerprint density at radius 1 is 1.27 bits per heavy atom. The summed E-state index contributed by atoms with van der Waals surface area (Å²) >= 11 is 7.57. The Morgan fingerprint density at radius 3 is 2.63 bits per heavy atom. The van der Waals surface area contributed by atoms with Crippen molar-refractivity contribution in [3.05, 3.63) is 0 Å². The molecule has 2 rings (SSSR count). The second-order valence-electron chi connectivity index (χ2n) is 8.26. The van der Waals surface area contributed by atoms with E-state index in [2.05, 4.69) is 10.6 Å². The van der Waals surface area contributed by atoms with Crippen LogP contribution >= 0.6 is 23.4 Å². The molecule has 10 heteroatoms. The lowest BCUT2D eigenvalue weighted by molar-refractivity contribution is -0.205. The fraction of sp³-hybridized carbons (Fsp3) is 0.950. The van der Waals surface area contributed by atoms with Crippen LogP contribution in [0.15, 0.2) is 0 Å².